The highest BCUT2D eigenvalue weighted by molar-refractivity contribution is 6.04. The van der Waals surface area contributed by atoms with E-state index in [-0.39, 0.29) is 5.91 Å². The summed E-state index contributed by atoms with van der Waals surface area (Å²) in [5.41, 5.74) is 2.45. The maximum absolute atomic E-state index is 12.3. The van der Waals surface area contributed by atoms with Crippen molar-refractivity contribution in [2.75, 3.05) is 23.3 Å². The van der Waals surface area contributed by atoms with Crippen LogP contribution in [0.15, 0.2) is 42.6 Å². The van der Waals surface area contributed by atoms with Crippen molar-refractivity contribution in [2.24, 2.45) is 0 Å². The highest BCUT2D eigenvalue weighted by Gasteiger charge is 2.10. The highest BCUT2D eigenvalue weighted by atomic mass is 16.1. The van der Waals surface area contributed by atoms with Gasteiger partial charge in [0.2, 0.25) is 0 Å². The molecule has 1 heterocycles. The topological polar surface area (TPSA) is 45.2 Å². The third-order valence-corrected chi connectivity index (χ3v) is 3.71. The van der Waals surface area contributed by atoms with Crippen LogP contribution in [0.5, 0.6) is 0 Å². The SMILES string of the molecule is CCCN(CCC)c1ccc(C(=O)Nc2ccccc2C)cn1. The average molecular weight is 311 g/mol. The van der Waals surface area contributed by atoms with Crippen molar-refractivity contribution in [3.05, 3.63) is 53.7 Å². The number of carbonyl (C=O) groups excluding carboxylic acids is 1. The molecule has 23 heavy (non-hydrogen) atoms. The molecule has 0 saturated carbocycles. The Kier molecular flexibility index (Phi) is 6.15. The Morgan fingerprint density at radius 2 is 1.78 bits per heavy atom. The molecular weight excluding hydrogens is 286 g/mol. The van der Waals surface area contributed by atoms with Crippen LogP contribution in [0, 0.1) is 6.92 Å². The van der Waals surface area contributed by atoms with Crippen molar-refractivity contribution in [1.82, 2.24) is 4.98 Å². The Bertz CT molecular complexity index is 631. The molecule has 1 amide bonds. The summed E-state index contributed by atoms with van der Waals surface area (Å²) in [6, 6.07) is 11.5. The Balaban J connectivity index is 2.09. The van der Waals surface area contributed by atoms with Gasteiger partial charge in [-0.25, -0.2) is 4.98 Å². The summed E-state index contributed by atoms with van der Waals surface area (Å²) in [6.45, 7) is 8.26. The van der Waals surface area contributed by atoms with Crippen LogP contribution < -0.4 is 10.2 Å². The first-order chi connectivity index (χ1) is 11.2. The zero-order valence-electron chi connectivity index (χ0n) is 14.2. The van der Waals surface area contributed by atoms with E-state index in [0.29, 0.717) is 5.56 Å². The van der Waals surface area contributed by atoms with E-state index in [4.69, 9.17) is 0 Å². The summed E-state index contributed by atoms with van der Waals surface area (Å²) in [4.78, 5) is 19.1. The number of anilines is 2. The summed E-state index contributed by atoms with van der Waals surface area (Å²) < 4.78 is 0. The van der Waals surface area contributed by atoms with Crippen molar-refractivity contribution in [3.8, 4) is 0 Å². The largest absolute Gasteiger partial charge is 0.357 e. The second kappa shape index (κ2) is 8.32. The number of rotatable bonds is 7. The van der Waals surface area contributed by atoms with Crippen LogP contribution in [0.4, 0.5) is 11.5 Å². The normalized spacial score (nSPS) is 10.4. The Hall–Kier alpha value is -2.36. The molecule has 2 aromatic rings. The summed E-state index contributed by atoms with van der Waals surface area (Å²) in [5.74, 6) is 0.803. The van der Waals surface area contributed by atoms with E-state index in [1.54, 1.807) is 6.20 Å². The number of aromatic nitrogens is 1. The zero-order valence-corrected chi connectivity index (χ0v) is 14.2. The molecule has 1 aromatic heterocycles. The molecule has 1 aromatic carbocycles. The monoisotopic (exact) mass is 311 g/mol. The number of para-hydroxylation sites is 1. The van der Waals surface area contributed by atoms with Gasteiger partial charge in [0.1, 0.15) is 5.82 Å². The van der Waals surface area contributed by atoms with Crippen molar-refractivity contribution in [2.45, 2.75) is 33.6 Å². The van der Waals surface area contributed by atoms with E-state index in [9.17, 15) is 4.79 Å². The minimum Gasteiger partial charge on any atom is -0.357 e. The van der Waals surface area contributed by atoms with Gasteiger partial charge in [0.05, 0.1) is 5.56 Å². The quantitative estimate of drug-likeness (QED) is 0.830. The molecule has 0 radical (unpaired) electrons. The molecule has 0 bridgehead atoms. The number of hydrogen-bond donors (Lipinski definition) is 1. The minimum absolute atomic E-state index is 0.129. The lowest BCUT2D eigenvalue weighted by Crippen LogP contribution is -2.26. The van der Waals surface area contributed by atoms with Gasteiger partial charge in [-0.1, -0.05) is 32.0 Å². The number of nitrogens with zero attached hydrogens (tertiary/aromatic N) is 2. The van der Waals surface area contributed by atoms with Gasteiger partial charge >= 0.3 is 0 Å². The van der Waals surface area contributed by atoms with Crippen molar-refractivity contribution in [3.63, 3.8) is 0 Å². The molecular formula is C19H25N3O. The predicted molar refractivity (Wildman–Crippen MR) is 96.2 cm³/mol. The second-order valence-electron chi connectivity index (χ2n) is 5.66. The van der Waals surface area contributed by atoms with Gasteiger partial charge in [0.25, 0.3) is 5.91 Å². The smallest absolute Gasteiger partial charge is 0.257 e. The molecule has 0 spiro atoms. The summed E-state index contributed by atoms with van der Waals surface area (Å²) in [5, 5.41) is 2.93. The molecule has 4 heteroatoms. The Labute approximate surface area is 138 Å². The molecule has 122 valence electrons. The van der Waals surface area contributed by atoms with E-state index in [1.807, 2.05) is 43.3 Å². The molecule has 4 nitrogen and oxygen atoms in total. The van der Waals surface area contributed by atoms with Crippen molar-refractivity contribution in [1.29, 1.82) is 0 Å². The van der Waals surface area contributed by atoms with Gasteiger partial charge in [0.15, 0.2) is 0 Å². The Morgan fingerprint density at radius 1 is 1.09 bits per heavy atom. The lowest BCUT2D eigenvalue weighted by atomic mass is 10.2. The summed E-state index contributed by atoms with van der Waals surface area (Å²) in [7, 11) is 0. The molecule has 2 rings (SSSR count). The van der Waals surface area contributed by atoms with Gasteiger partial charge in [0, 0.05) is 25.0 Å². The van der Waals surface area contributed by atoms with E-state index in [0.717, 1.165) is 43.0 Å². The van der Waals surface area contributed by atoms with Gasteiger partial charge in [-0.3, -0.25) is 4.79 Å². The van der Waals surface area contributed by atoms with Crippen LogP contribution >= 0.6 is 0 Å². The highest BCUT2D eigenvalue weighted by Crippen LogP contribution is 2.16. The summed E-state index contributed by atoms with van der Waals surface area (Å²) in [6.07, 6.45) is 3.82. The van der Waals surface area contributed by atoms with Crippen molar-refractivity contribution >= 4 is 17.4 Å². The first kappa shape index (κ1) is 17.0. The van der Waals surface area contributed by atoms with Crippen LogP contribution in [0.3, 0.4) is 0 Å². The molecule has 1 N–H and O–H groups in total. The minimum atomic E-state index is -0.129. The number of hydrogen-bond acceptors (Lipinski definition) is 3. The summed E-state index contributed by atoms with van der Waals surface area (Å²) >= 11 is 0. The zero-order chi connectivity index (χ0) is 16.7. The lowest BCUT2D eigenvalue weighted by Gasteiger charge is -2.22. The maximum atomic E-state index is 12.3. The van der Waals surface area contributed by atoms with Crippen LogP contribution in [0.1, 0.15) is 42.6 Å². The number of pyridine rings is 1. The van der Waals surface area contributed by atoms with E-state index >= 15 is 0 Å². The lowest BCUT2D eigenvalue weighted by molar-refractivity contribution is 0.102. The fourth-order valence-corrected chi connectivity index (χ4v) is 2.50. The molecule has 0 saturated heterocycles. The van der Waals surface area contributed by atoms with E-state index < -0.39 is 0 Å². The molecule has 0 unspecified atom stereocenters. The van der Waals surface area contributed by atoms with Crippen LogP contribution in [-0.2, 0) is 0 Å². The van der Waals surface area contributed by atoms with Crippen LogP contribution in [0.2, 0.25) is 0 Å². The van der Waals surface area contributed by atoms with Crippen LogP contribution in [0.25, 0.3) is 0 Å². The Morgan fingerprint density at radius 3 is 2.35 bits per heavy atom. The van der Waals surface area contributed by atoms with Crippen LogP contribution in [-0.4, -0.2) is 24.0 Å². The van der Waals surface area contributed by atoms with Gasteiger partial charge < -0.3 is 10.2 Å². The molecule has 0 aliphatic rings. The third-order valence-electron chi connectivity index (χ3n) is 3.71. The van der Waals surface area contributed by atoms with E-state index in [1.165, 1.54) is 0 Å². The average Bonchev–Trinajstić information content (AvgIpc) is 2.57. The number of aryl methyl sites for hydroxylation is 1. The fourth-order valence-electron chi connectivity index (χ4n) is 2.50. The molecule has 0 aliphatic carbocycles. The number of benzene rings is 1. The van der Waals surface area contributed by atoms with Crippen molar-refractivity contribution < 1.29 is 4.79 Å². The molecule has 0 fully saturated rings. The predicted octanol–water partition coefficient (Wildman–Crippen LogP) is 4.27. The third kappa shape index (κ3) is 4.55. The molecule has 0 atom stereocenters. The van der Waals surface area contributed by atoms with Gasteiger partial charge in [-0.05, 0) is 43.5 Å². The molecule has 0 aliphatic heterocycles. The number of carbonyl (C=O) groups is 1. The number of amides is 1. The van der Waals surface area contributed by atoms with Gasteiger partial charge in [-0.2, -0.15) is 0 Å². The first-order valence-electron chi connectivity index (χ1n) is 8.23. The van der Waals surface area contributed by atoms with Gasteiger partial charge in [-0.15, -0.1) is 0 Å². The second-order valence-corrected chi connectivity index (χ2v) is 5.66. The van der Waals surface area contributed by atoms with E-state index in [2.05, 4.69) is 29.0 Å². The fraction of sp³-hybridized carbons (Fsp3) is 0.368. The first-order valence-corrected chi connectivity index (χ1v) is 8.23. The number of nitrogens with one attached hydrogen (secondary N) is 1. The standard InChI is InChI=1S/C19H25N3O/c1-4-12-22(13-5-2)18-11-10-16(14-20-18)19(23)21-17-9-7-6-8-15(17)3/h6-11,14H,4-5,12-13H2,1-3H3,(H,21,23). The maximum Gasteiger partial charge on any atom is 0.257 e.